The predicted molar refractivity (Wildman–Crippen MR) is 108 cm³/mol. The van der Waals surface area contributed by atoms with Crippen LogP contribution in [0, 0.1) is 5.82 Å². The van der Waals surface area contributed by atoms with E-state index in [1.165, 1.54) is 18.3 Å². The molecule has 3 heterocycles. The van der Waals surface area contributed by atoms with Crippen LogP contribution >= 0.6 is 0 Å². The van der Waals surface area contributed by atoms with E-state index >= 15 is 0 Å². The fraction of sp³-hybridized carbons (Fsp3) is 0.0870. The summed E-state index contributed by atoms with van der Waals surface area (Å²) < 4.78 is 21.3. The molecule has 0 saturated carbocycles. The lowest BCUT2D eigenvalue weighted by molar-refractivity contribution is 0.0764. The Morgan fingerprint density at radius 1 is 1.00 bits per heavy atom. The molecule has 0 saturated heterocycles. The van der Waals surface area contributed by atoms with Gasteiger partial charge in [-0.2, -0.15) is 5.10 Å². The Kier molecular flexibility index (Phi) is 4.48. The van der Waals surface area contributed by atoms with Crippen molar-refractivity contribution in [2.45, 2.75) is 13.1 Å². The van der Waals surface area contributed by atoms with Gasteiger partial charge in [0, 0.05) is 31.7 Å². The van der Waals surface area contributed by atoms with Crippen molar-refractivity contribution < 1.29 is 13.9 Å². The second kappa shape index (κ2) is 7.44. The second-order valence-corrected chi connectivity index (χ2v) is 6.96. The summed E-state index contributed by atoms with van der Waals surface area (Å²) in [6.07, 6.45) is 5.05. The fourth-order valence-corrected chi connectivity index (χ4v) is 3.55. The van der Waals surface area contributed by atoms with Gasteiger partial charge in [-0.15, -0.1) is 0 Å². The quantitative estimate of drug-likeness (QED) is 0.500. The molecule has 7 heteroatoms. The molecule has 30 heavy (non-hydrogen) atoms. The molecule has 4 aromatic rings. The normalized spacial score (nSPS) is 12.8. The monoisotopic (exact) mass is 400 g/mol. The average Bonchev–Trinajstić information content (AvgIpc) is 3.40. The first-order valence-corrected chi connectivity index (χ1v) is 9.47. The molecule has 5 rings (SSSR count). The van der Waals surface area contributed by atoms with E-state index in [9.17, 15) is 9.18 Å². The first kappa shape index (κ1) is 18.1. The summed E-state index contributed by atoms with van der Waals surface area (Å²) in [4.78, 5) is 18.7. The van der Waals surface area contributed by atoms with Gasteiger partial charge in [-0.25, -0.2) is 14.1 Å². The molecule has 1 amide bonds. The molecule has 2 aromatic heterocycles. The zero-order valence-electron chi connectivity index (χ0n) is 15.9. The number of aromatic nitrogens is 3. The number of pyridine rings is 1. The Bertz CT molecular complexity index is 1210. The average molecular weight is 400 g/mol. The third-order valence-electron chi connectivity index (χ3n) is 4.98. The Labute approximate surface area is 172 Å². The SMILES string of the molecule is O=C1c2c(cccc2Oc2ncccc2F)CN1Cc1ccc(-n2cccn2)cc1. The molecule has 0 atom stereocenters. The van der Waals surface area contributed by atoms with Crippen molar-refractivity contribution in [3.05, 3.63) is 102 Å². The summed E-state index contributed by atoms with van der Waals surface area (Å²) in [5.41, 5.74) is 3.26. The van der Waals surface area contributed by atoms with Crippen molar-refractivity contribution >= 4 is 5.91 Å². The Hall–Kier alpha value is -4.00. The molecule has 0 unspecified atom stereocenters. The highest BCUT2D eigenvalue weighted by molar-refractivity contribution is 6.01. The van der Waals surface area contributed by atoms with Crippen LogP contribution in [-0.2, 0) is 13.1 Å². The molecule has 2 aromatic carbocycles. The zero-order valence-corrected chi connectivity index (χ0v) is 15.9. The number of benzene rings is 2. The number of amides is 1. The van der Waals surface area contributed by atoms with Crippen molar-refractivity contribution in [1.29, 1.82) is 0 Å². The number of hydrogen-bond acceptors (Lipinski definition) is 4. The van der Waals surface area contributed by atoms with Crippen LogP contribution in [0.2, 0.25) is 0 Å². The van der Waals surface area contributed by atoms with Crippen LogP contribution in [0.25, 0.3) is 5.69 Å². The van der Waals surface area contributed by atoms with Crippen molar-refractivity contribution in [1.82, 2.24) is 19.7 Å². The van der Waals surface area contributed by atoms with E-state index in [0.717, 1.165) is 16.8 Å². The van der Waals surface area contributed by atoms with Crippen LogP contribution in [0.4, 0.5) is 4.39 Å². The molecule has 0 spiro atoms. The molecular formula is C23H17FN4O2. The summed E-state index contributed by atoms with van der Waals surface area (Å²) in [7, 11) is 0. The number of carbonyl (C=O) groups excluding carboxylic acids is 1. The summed E-state index contributed by atoms with van der Waals surface area (Å²) in [6.45, 7) is 0.932. The molecule has 0 fully saturated rings. The van der Waals surface area contributed by atoms with Crippen molar-refractivity contribution in [3.8, 4) is 17.3 Å². The molecule has 148 valence electrons. The standard InChI is InChI=1S/C23H17FN4O2/c24-19-5-2-11-25-22(19)30-20-6-1-4-17-15-27(23(29)21(17)20)14-16-7-9-18(10-8-16)28-13-3-12-26-28/h1-13H,14-15H2. The number of rotatable bonds is 5. The summed E-state index contributed by atoms with van der Waals surface area (Å²) in [5.74, 6) is -0.555. The van der Waals surface area contributed by atoms with Crippen LogP contribution in [0.1, 0.15) is 21.5 Å². The number of ether oxygens (including phenoxy) is 1. The topological polar surface area (TPSA) is 60.2 Å². The van der Waals surface area contributed by atoms with Crippen LogP contribution in [-0.4, -0.2) is 25.6 Å². The van der Waals surface area contributed by atoms with Crippen LogP contribution in [0.5, 0.6) is 11.6 Å². The second-order valence-electron chi connectivity index (χ2n) is 6.96. The van der Waals surface area contributed by atoms with Gasteiger partial charge in [-0.05, 0) is 47.5 Å². The summed E-state index contributed by atoms with van der Waals surface area (Å²) >= 11 is 0. The number of carbonyl (C=O) groups is 1. The maximum absolute atomic E-state index is 13.9. The van der Waals surface area contributed by atoms with Gasteiger partial charge < -0.3 is 9.64 Å². The van der Waals surface area contributed by atoms with Crippen LogP contribution in [0.3, 0.4) is 0 Å². The van der Waals surface area contributed by atoms with E-state index in [-0.39, 0.29) is 11.8 Å². The predicted octanol–water partition coefficient (Wildman–Crippen LogP) is 4.35. The molecule has 0 bridgehead atoms. The van der Waals surface area contributed by atoms with Crippen molar-refractivity contribution in [2.75, 3.05) is 0 Å². The molecule has 0 aliphatic carbocycles. The van der Waals surface area contributed by atoms with E-state index < -0.39 is 5.82 Å². The minimum Gasteiger partial charge on any atom is -0.436 e. The highest BCUT2D eigenvalue weighted by atomic mass is 19.1. The fourth-order valence-electron chi connectivity index (χ4n) is 3.55. The van der Waals surface area contributed by atoms with E-state index in [1.807, 2.05) is 42.6 Å². The van der Waals surface area contributed by atoms with E-state index in [2.05, 4.69) is 10.1 Å². The van der Waals surface area contributed by atoms with Gasteiger partial charge in [0.2, 0.25) is 0 Å². The maximum atomic E-state index is 13.9. The number of halogens is 1. The van der Waals surface area contributed by atoms with Gasteiger partial charge in [-0.1, -0.05) is 24.3 Å². The van der Waals surface area contributed by atoms with Gasteiger partial charge in [0.1, 0.15) is 5.75 Å². The molecular weight excluding hydrogens is 383 g/mol. The molecule has 1 aliphatic rings. The van der Waals surface area contributed by atoms with Gasteiger partial charge in [-0.3, -0.25) is 4.79 Å². The molecule has 1 aliphatic heterocycles. The number of hydrogen-bond donors (Lipinski definition) is 0. The van der Waals surface area contributed by atoms with Crippen LogP contribution < -0.4 is 4.74 Å². The third-order valence-corrected chi connectivity index (χ3v) is 4.98. The van der Waals surface area contributed by atoms with E-state index in [0.29, 0.717) is 24.4 Å². The molecule has 6 nitrogen and oxygen atoms in total. The lowest BCUT2D eigenvalue weighted by Crippen LogP contribution is -2.23. The Morgan fingerprint density at radius 3 is 2.63 bits per heavy atom. The highest BCUT2D eigenvalue weighted by Gasteiger charge is 2.31. The van der Waals surface area contributed by atoms with Gasteiger partial charge >= 0.3 is 0 Å². The summed E-state index contributed by atoms with van der Waals surface area (Å²) in [5, 5.41) is 4.22. The first-order valence-electron chi connectivity index (χ1n) is 9.47. The van der Waals surface area contributed by atoms with Gasteiger partial charge in [0.15, 0.2) is 5.82 Å². The maximum Gasteiger partial charge on any atom is 0.258 e. The molecule has 0 N–H and O–H groups in total. The lowest BCUT2D eigenvalue weighted by Gasteiger charge is -2.16. The van der Waals surface area contributed by atoms with Crippen molar-refractivity contribution in [3.63, 3.8) is 0 Å². The largest absolute Gasteiger partial charge is 0.436 e. The number of nitrogens with zero attached hydrogens (tertiary/aromatic N) is 4. The minimum absolute atomic E-state index is 0.145. The van der Waals surface area contributed by atoms with Gasteiger partial charge in [0.05, 0.1) is 11.3 Å². The minimum atomic E-state index is -0.574. The zero-order chi connectivity index (χ0) is 20.5. The highest BCUT2D eigenvalue weighted by Crippen LogP contribution is 2.34. The van der Waals surface area contributed by atoms with Crippen LogP contribution in [0.15, 0.2) is 79.3 Å². The van der Waals surface area contributed by atoms with E-state index in [1.54, 1.807) is 27.9 Å². The number of fused-ring (bicyclic) bond motifs is 1. The smallest absolute Gasteiger partial charge is 0.258 e. The van der Waals surface area contributed by atoms with Crippen molar-refractivity contribution in [2.24, 2.45) is 0 Å². The van der Waals surface area contributed by atoms with E-state index in [4.69, 9.17) is 4.74 Å². The lowest BCUT2D eigenvalue weighted by atomic mass is 10.1. The molecule has 0 radical (unpaired) electrons. The Morgan fingerprint density at radius 2 is 1.87 bits per heavy atom. The van der Waals surface area contributed by atoms with Gasteiger partial charge in [0.25, 0.3) is 11.8 Å². The third kappa shape index (κ3) is 3.30. The Balaban J connectivity index is 1.36. The first-order chi connectivity index (χ1) is 14.7. The summed E-state index contributed by atoms with van der Waals surface area (Å²) in [6, 6.07) is 17.9.